The summed E-state index contributed by atoms with van der Waals surface area (Å²) in [7, 11) is 3.11. The second kappa shape index (κ2) is 9.78. The molecule has 166 valence electrons. The molecule has 0 aliphatic carbocycles. The molecule has 1 atom stereocenters. The van der Waals surface area contributed by atoms with Gasteiger partial charge in [0.1, 0.15) is 17.3 Å². The van der Waals surface area contributed by atoms with Crippen LogP contribution in [0.15, 0.2) is 36.4 Å². The molecule has 2 aromatic rings. The molecule has 0 bridgehead atoms. The number of amides is 1. The van der Waals surface area contributed by atoms with E-state index in [1.807, 2.05) is 11.8 Å². The molecule has 8 heteroatoms. The summed E-state index contributed by atoms with van der Waals surface area (Å²) in [4.78, 5) is 28.2. The SMILES string of the molecule is COc1cc(NC(=O)C(C)N2CCN(c3ccc(C(C)=O)cc3F)CC2)cc(OC)c1. The monoisotopic (exact) mass is 429 g/mol. The van der Waals surface area contributed by atoms with Crippen molar-refractivity contribution in [3.05, 3.63) is 47.8 Å². The number of carbonyl (C=O) groups is 2. The molecule has 1 N–H and O–H groups in total. The number of hydrogen-bond donors (Lipinski definition) is 1. The van der Waals surface area contributed by atoms with Gasteiger partial charge in [-0.25, -0.2) is 4.39 Å². The molecule has 0 radical (unpaired) electrons. The number of Topliss-reactive ketones (excluding diaryl/α,β-unsaturated/α-hetero) is 1. The van der Waals surface area contributed by atoms with Crippen LogP contribution in [0.25, 0.3) is 0 Å². The molecule has 1 unspecified atom stereocenters. The number of methoxy groups -OCH3 is 2. The second-order valence-corrected chi connectivity index (χ2v) is 7.51. The maximum absolute atomic E-state index is 14.5. The number of rotatable bonds is 7. The Bertz CT molecular complexity index is 936. The van der Waals surface area contributed by atoms with E-state index in [0.29, 0.717) is 54.6 Å². The van der Waals surface area contributed by atoms with Gasteiger partial charge in [0.2, 0.25) is 5.91 Å². The summed E-state index contributed by atoms with van der Waals surface area (Å²) in [5, 5.41) is 2.91. The molecule has 1 heterocycles. The molecule has 0 aromatic heterocycles. The van der Waals surface area contributed by atoms with E-state index in [1.165, 1.54) is 13.0 Å². The quantitative estimate of drug-likeness (QED) is 0.682. The lowest BCUT2D eigenvalue weighted by Crippen LogP contribution is -2.53. The highest BCUT2D eigenvalue weighted by Gasteiger charge is 2.27. The summed E-state index contributed by atoms with van der Waals surface area (Å²) in [6, 6.07) is 9.42. The first kappa shape index (κ1) is 22.6. The van der Waals surface area contributed by atoms with Crippen LogP contribution in [-0.2, 0) is 4.79 Å². The number of benzene rings is 2. The molecule has 0 spiro atoms. The standard InChI is InChI=1S/C23H28FN3O4/c1-15(23(29)25-18-12-19(30-3)14-20(13-18)31-4)26-7-9-27(10-8-26)22-6-5-17(16(2)28)11-21(22)24/h5-6,11-15H,7-10H2,1-4H3,(H,25,29). The van der Waals surface area contributed by atoms with E-state index in [9.17, 15) is 14.0 Å². The Morgan fingerprint density at radius 2 is 1.61 bits per heavy atom. The van der Waals surface area contributed by atoms with Crippen molar-refractivity contribution in [3.8, 4) is 11.5 Å². The van der Waals surface area contributed by atoms with Gasteiger partial charge in [-0.15, -0.1) is 0 Å². The van der Waals surface area contributed by atoms with E-state index in [0.717, 1.165) is 0 Å². The summed E-state index contributed by atoms with van der Waals surface area (Å²) >= 11 is 0. The minimum Gasteiger partial charge on any atom is -0.497 e. The van der Waals surface area contributed by atoms with E-state index >= 15 is 0 Å². The number of nitrogens with zero attached hydrogens (tertiary/aromatic N) is 2. The fourth-order valence-electron chi connectivity index (χ4n) is 3.62. The van der Waals surface area contributed by atoms with Crippen LogP contribution in [0.4, 0.5) is 15.8 Å². The van der Waals surface area contributed by atoms with Crippen LogP contribution in [0.5, 0.6) is 11.5 Å². The van der Waals surface area contributed by atoms with E-state index in [4.69, 9.17) is 9.47 Å². The van der Waals surface area contributed by atoms with Gasteiger partial charge in [0.15, 0.2) is 5.78 Å². The van der Waals surface area contributed by atoms with Gasteiger partial charge in [-0.3, -0.25) is 14.5 Å². The van der Waals surface area contributed by atoms with Gasteiger partial charge in [-0.1, -0.05) is 0 Å². The lowest BCUT2D eigenvalue weighted by molar-refractivity contribution is -0.120. The highest BCUT2D eigenvalue weighted by molar-refractivity contribution is 5.95. The topological polar surface area (TPSA) is 71.1 Å². The summed E-state index contributed by atoms with van der Waals surface area (Å²) in [6.07, 6.45) is 0. The van der Waals surface area contributed by atoms with Gasteiger partial charge in [-0.2, -0.15) is 0 Å². The number of nitrogens with one attached hydrogen (secondary N) is 1. The molecule has 0 saturated carbocycles. The molecular formula is C23H28FN3O4. The van der Waals surface area contributed by atoms with Crippen molar-refractivity contribution in [3.63, 3.8) is 0 Å². The van der Waals surface area contributed by atoms with Crippen LogP contribution in [0.1, 0.15) is 24.2 Å². The zero-order valence-corrected chi connectivity index (χ0v) is 18.3. The van der Waals surface area contributed by atoms with Crippen molar-refractivity contribution in [1.82, 2.24) is 4.90 Å². The third-order valence-corrected chi connectivity index (χ3v) is 5.56. The van der Waals surface area contributed by atoms with E-state index < -0.39 is 5.82 Å². The zero-order valence-electron chi connectivity index (χ0n) is 18.3. The summed E-state index contributed by atoms with van der Waals surface area (Å²) in [6.45, 7) is 5.67. The van der Waals surface area contributed by atoms with Crippen molar-refractivity contribution in [2.75, 3.05) is 50.6 Å². The van der Waals surface area contributed by atoms with Crippen LogP contribution >= 0.6 is 0 Å². The number of carbonyl (C=O) groups excluding carboxylic acids is 2. The average molecular weight is 429 g/mol. The average Bonchev–Trinajstić information content (AvgIpc) is 2.78. The van der Waals surface area contributed by atoms with Gasteiger partial charge in [0, 0.05) is 55.6 Å². The van der Waals surface area contributed by atoms with Gasteiger partial charge in [0.25, 0.3) is 0 Å². The first-order valence-corrected chi connectivity index (χ1v) is 10.2. The number of ketones is 1. The molecule has 2 aromatic carbocycles. The molecule has 1 fully saturated rings. The summed E-state index contributed by atoms with van der Waals surface area (Å²) in [5.41, 5.74) is 1.43. The van der Waals surface area contributed by atoms with Crippen molar-refractivity contribution in [1.29, 1.82) is 0 Å². The Hall–Kier alpha value is -3.13. The molecule has 1 saturated heterocycles. The Labute approximate surface area is 181 Å². The van der Waals surface area contributed by atoms with Crippen LogP contribution in [0.3, 0.4) is 0 Å². The number of anilines is 2. The number of hydrogen-bond acceptors (Lipinski definition) is 6. The van der Waals surface area contributed by atoms with Gasteiger partial charge in [0.05, 0.1) is 25.9 Å². The number of halogens is 1. The Kier molecular flexibility index (Phi) is 7.12. The lowest BCUT2D eigenvalue weighted by atomic mass is 10.1. The minimum atomic E-state index is -0.404. The first-order chi connectivity index (χ1) is 14.8. The van der Waals surface area contributed by atoms with E-state index in [-0.39, 0.29) is 17.7 Å². The Morgan fingerprint density at radius 3 is 2.13 bits per heavy atom. The smallest absolute Gasteiger partial charge is 0.241 e. The van der Waals surface area contributed by atoms with Crippen molar-refractivity contribution in [2.45, 2.75) is 19.9 Å². The molecular weight excluding hydrogens is 401 g/mol. The highest BCUT2D eigenvalue weighted by Crippen LogP contribution is 2.26. The predicted molar refractivity (Wildman–Crippen MR) is 118 cm³/mol. The highest BCUT2D eigenvalue weighted by atomic mass is 19.1. The van der Waals surface area contributed by atoms with Crippen molar-refractivity contribution in [2.24, 2.45) is 0 Å². The number of ether oxygens (including phenoxy) is 2. The van der Waals surface area contributed by atoms with Crippen LogP contribution < -0.4 is 19.7 Å². The Balaban J connectivity index is 1.60. The van der Waals surface area contributed by atoms with Crippen LogP contribution in [0, 0.1) is 5.82 Å². The molecule has 31 heavy (non-hydrogen) atoms. The fourth-order valence-corrected chi connectivity index (χ4v) is 3.62. The maximum atomic E-state index is 14.5. The normalized spacial score (nSPS) is 15.3. The minimum absolute atomic E-state index is 0.138. The molecule has 1 amide bonds. The fraction of sp³-hybridized carbons (Fsp3) is 0.391. The van der Waals surface area contributed by atoms with E-state index in [1.54, 1.807) is 44.6 Å². The largest absolute Gasteiger partial charge is 0.497 e. The summed E-state index contributed by atoms with van der Waals surface area (Å²) < 4.78 is 24.9. The van der Waals surface area contributed by atoms with Gasteiger partial charge in [-0.05, 0) is 32.0 Å². The number of piperazine rings is 1. The lowest BCUT2D eigenvalue weighted by Gasteiger charge is -2.38. The maximum Gasteiger partial charge on any atom is 0.241 e. The first-order valence-electron chi connectivity index (χ1n) is 10.2. The van der Waals surface area contributed by atoms with Crippen molar-refractivity contribution >= 4 is 23.1 Å². The molecule has 3 rings (SSSR count). The molecule has 1 aliphatic heterocycles. The van der Waals surface area contributed by atoms with E-state index in [2.05, 4.69) is 10.2 Å². The summed E-state index contributed by atoms with van der Waals surface area (Å²) in [5.74, 6) is 0.478. The van der Waals surface area contributed by atoms with Gasteiger partial charge < -0.3 is 19.7 Å². The zero-order chi connectivity index (χ0) is 22.5. The molecule has 7 nitrogen and oxygen atoms in total. The predicted octanol–water partition coefficient (Wildman–Crippen LogP) is 3.19. The molecule has 1 aliphatic rings. The Morgan fingerprint density at radius 1 is 1.00 bits per heavy atom. The van der Waals surface area contributed by atoms with Gasteiger partial charge >= 0.3 is 0 Å². The third-order valence-electron chi connectivity index (χ3n) is 5.56. The van der Waals surface area contributed by atoms with Crippen LogP contribution in [-0.4, -0.2) is 63.0 Å². The van der Waals surface area contributed by atoms with Crippen molar-refractivity contribution < 1.29 is 23.5 Å². The third kappa shape index (κ3) is 5.32. The van der Waals surface area contributed by atoms with Crippen LogP contribution in [0.2, 0.25) is 0 Å². The second-order valence-electron chi connectivity index (χ2n) is 7.51.